The van der Waals surface area contributed by atoms with Crippen molar-refractivity contribution < 1.29 is 22.7 Å². The lowest BCUT2D eigenvalue weighted by Crippen LogP contribution is -2.35. The van der Waals surface area contributed by atoms with E-state index in [1.54, 1.807) is 18.2 Å². The number of para-hydroxylation sites is 4. The molecular formula is C29H25ClN2O5S. The molecular weight excluding hydrogens is 524 g/mol. The summed E-state index contributed by atoms with van der Waals surface area (Å²) in [5.41, 5.74) is 2.16. The molecule has 1 aliphatic rings. The fourth-order valence-corrected chi connectivity index (χ4v) is 6.11. The van der Waals surface area contributed by atoms with Crippen molar-refractivity contribution in [2.24, 2.45) is 0 Å². The van der Waals surface area contributed by atoms with Crippen LogP contribution in [0.15, 0.2) is 102 Å². The summed E-state index contributed by atoms with van der Waals surface area (Å²) in [7, 11) is -3.82. The van der Waals surface area contributed by atoms with Crippen LogP contribution in [0.3, 0.4) is 0 Å². The second kappa shape index (κ2) is 11.2. The molecule has 0 aromatic heterocycles. The molecule has 0 atom stereocenters. The minimum atomic E-state index is -3.82. The van der Waals surface area contributed by atoms with Gasteiger partial charge in [0.05, 0.1) is 21.3 Å². The monoisotopic (exact) mass is 548 g/mol. The molecule has 1 aliphatic heterocycles. The number of ether oxygens (including phenoxy) is 2. The molecule has 4 aromatic carbocycles. The van der Waals surface area contributed by atoms with Crippen LogP contribution in [0.25, 0.3) is 0 Å². The van der Waals surface area contributed by atoms with Gasteiger partial charge in [0.15, 0.2) is 12.4 Å². The molecule has 0 aliphatic carbocycles. The number of amides is 1. The van der Waals surface area contributed by atoms with Gasteiger partial charge in [-0.1, -0.05) is 60.1 Å². The molecule has 1 heterocycles. The summed E-state index contributed by atoms with van der Waals surface area (Å²) in [6.45, 7) is 0.0653. The first-order chi connectivity index (χ1) is 18.4. The van der Waals surface area contributed by atoms with Gasteiger partial charge in [0.1, 0.15) is 11.5 Å². The molecule has 194 valence electrons. The zero-order valence-electron chi connectivity index (χ0n) is 20.3. The fraction of sp³-hybridized carbons (Fsp3) is 0.138. The largest absolute Gasteiger partial charge is 0.482 e. The molecule has 0 saturated carbocycles. The first-order valence-corrected chi connectivity index (χ1v) is 13.9. The second-order valence-electron chi connectivity index (χ2n) is 8.65. The first kappa shape index (κ1) is 25.6. The number of hydrogen-bond donors (Lipinski definition) is 1. The highest BCUT2D eigenvalue weighted by atomic mass is 35.5. The lowest BCUT2D eigenvalue weighted by molar-refractivity contribution is -0.118. The van der Waals surface area contributed by atoms with Crippen LogP contribution in [-0.2, 0) is 21.2 Å². The molecule has 38 heavy (non-hydrogen) atoms. The molecule has 0 spiro atoms. The van der Waals surface area contributed by atoms with Gasteiger partial charge in [-0.05, 0) is 66.9 Å². The predicted octanol–water partition coefficient (Wildman–Crippen LogP) is 6.29. The van der Waals surface area contributed by atoms with Crippen LogP contribution >= 0.6 is 11.6 Å². The Morgan fingerprint density at radius 3 is 2.45 bits per heavy atom. The van der Waals surface area contributed by atoms with Crippen LogP contribution < -0.4 is 19.1 Å². The molecule has 0 fully saturated rings. The molecule has 1 amide bonds. The van der Waals surface area contributed by atoms with E-state index in [1.807, 2.05) is 60.7 Å². The van der Waals surface area contributed by atoms with Gasteiger partial charge < -0.3 is 14.8 Å². The number of carbonyl (C=O) groups is 1. The van der Waals surface area contributed by atoms with Crippen molar-refractivity contribution in [3.63, 3.8) is 0 Å². The minimum absolute atomic E-state index is 0.0583. The van der Waals surface area contributed by atoms with E-state index in [4.69, 9.17) is 21.1 Å². The zero-order valence-corrected chi connectivity index (χ0v) is 21.9. The smallest absolute Gasteiger partial charge is 0.264 e. The Bertz CT molecular complexity index is 1560. The zero-order chi connectivity index (χ0) is 26.5. The summed E-state index contributed by atoms with van der Waals surface area (Å²) in [5.74, 6) is 0.902. The van der Waals surface area contributed by atoms with Gasteiger partial charge >= 0.3 is 0 Å². The molecule has 1 N–H and O–H groups in total. The SMILES string of the molecule is O=C(COc1ccc(S(=O)(=O)N2CCCc3ccccc32)cc1Cl)Nc1ccccc1Oc1ccccc1. The Morgan fingerprint density at radius 1 is 0.895 bits per heavy atom. The van der Waals surface area contributed by atoms with E-state index in [1.165, 1.54) is 22.5 Å². The van der Waals surface area contributed by atoms with Crippen molar-refractivity contribution in [1.29, 1.82) is 0 Å². The topological polar surface area (TPSA) is 84.9 Å². The van der Waals surface area contributed by atoms with Gasteiger partial charge in [-0.2, -0.15) is 0 Å². The van der Waals surface area contributed by atoms with E-state index in [2.05, 4.69) is 5.32 Å². The molecule has 0 unspecified atom stereocenters. The van der Waals surface area contributed by atoms with E-state index in [0.717, 1.165) is 18.4 Å². The summed E-state index contributed by atoms with van der Waals surface area (Å²) in [6, 6.07) is 28.0. The third-order valence-corrected chi connectivity index (χ3v) is 8.15. The standard InChI is InChI=1S/C29H25ClN2O5S/c30-24-19-23(38(34,35)32-18-8-10-21-9-4-6-14-26(21)32)16-17-27(24)36-20-29(33)31-25-13-5-7-15-28(25)37-22-11-2-1-3-12-22/h1-7,9,11-17,19H,8,10,18,20H2,(H,31,33). The van der Waals surface area contributed by atoms with Crippen molar-refractivity contribution in [1.82, 2.24) is 0 Å². The quantitative estimate of drug-likeness (QED) is 0.280. The summed E-state index contributed by atoms with van der Waals surface area (Å²) >= 11 is 6.37. The molecule has 4 aromatic rings. The highest BCUT2D eigenvalue weighted by Gasteiger charge is 2.29. The number of aryl methyl sites for hydroxylation is 1. The Morgan fingerprint density at radius 2 is 1.63 bits per heavy atom. The van der Waals surface area contributed by atoms with Gasteiger partial charge in [-0.15, -0.1) is 0 Å². The number of benzene rings is 4. The normalized spacial score (nSPS) is 12.9. The minimum Gasteiger partial charge on any atom is -0.482 e. The third-order valence-electron chi connectivity index (χ3n) is 6.05. The Hall–Kier alpha value is -4.01. The van der Waals surface area contributed by atoms with Crippen molar-refractivity contribution in [2.75, 3.05) is 22.8 Å². The van der Waals surface area contributed by atoms with E-state index in [9.17, 15) is 13.2 Å². The Balaban J connectivity index is 1.25. The molecule has 9 heteroatoms. The third kappa shape index (κ3) is 5.61. The molecule has 5 rings (SSSR count). The number of anilines is 2. The fourth-order valence-electron chi connectivity index (χ4n) is 4.24. The van der Waals surface area contributed by atoms with Gasteiger partial charge in [-0.3, -0.25) is 9.10 Å². The van der Waals surface area contributed by atoms with Gasteiger partial charge in [0.2, 0.25) is 0 Å². The molecule has 7 nitrogen and oxygen atoms in total. The molecule has 0 bridgehead atoms. The van der Waals surface area contributed by atoms with Crippen molar-refractivity contribution in [3.05, 3.63) is 108 Å². The number of rotatable bonds is 8. The Kier molecular flexibility index (Phi) is 7.53. The number of nitrogens with one attached hydrogen (secondary N) is 1. The van der Waals surface area contributed by atoms with E-state index < -0.39 is 15.9 Å². The van der Waals surface area contributed by atoms with Crippen LogP contribution in [0.2, 0.25) is 5.02 Å². The Labute approximate surface area is 226 Å². The summed E-state index contributed by atoms with van der Waals surface area (Å²) in [6.07, 6.45) is 1.57. The summed E-state index contributed by atoms with van der Waals surface area (Å²) in [4.78, 5) is 12.7. The predicted molar refractivity (Wildman–Crippen MR) is 148 cm³/mol. The number of fused-ring (bicyclic) bond motifs is 1. The number of sulfonamides is 1. The van der Waals surface area contributed by atoms with Gasteiger partial charge in [0, 0.05) is 6.54 Å². The highest BCUT2D eigenvalue weighted by Crippen LogP contribution is 2.34. The average Bonchev–Trinajstić information content (AvgIpc) is 2.93. The molecule has 0 radical (unpaired) electrons. The van der Waals surface area contributed by atoms with Crippen LogP contribution in [0, 0.1) is 0 Å². The lowest BCUT2D eigenvalue weighted by atomic mass is 10.0. The number of carbonyl (C=O) groups excluding carboxylic acids is 1. The first-order valence-electron chi connectivity index (χ1n) is 12.1. The van der Waals surface area contributed by atoms with Gasteiger partial charge in [-0.25, -0.2) is 8.42 Å². The lowest BCUT2D eigenvalue weighted by Gasteiger charge is -2.30. The number of hydrogen-bond acceptors (Lipinski definition) is 5. The van der Waals surface area contributed by atoms with Crippen molar-refractivity contribution >= 4 is 38.9 Å². The van der Waals surface area contributed by atoms with Gasteiger partial charge in [0.25, 0.3) is 15.9 Å². The molecule has 0 saturated heterocycles. The van der Waals surface area contributed by atoms with Crippen LogP contribution in [0.5, 0.6) is 17.2 Å². The van der Waals surface area contributed by atoms with Crippen molar-refractivity contribution in [3.8, 4) is 17.2 Å². The number of nitrogens with zero attached hydrogens (tertiary/aromatic N) is 1. The maximum Gasteiger partial charge on any atom is 0.264 e. The van der Waals surface area contributed by atoms with E-state index in [0.29, 0.717) is 29.4 Å². The van der Waals surface area contributed by atoms with E-state index in [-0.39, 0.29) is 22.3 Å². The van der Waals surface area contributed by atoms with E-state index >= 15 is 0 Å². The van der Waals surface area contributed by atoms with Crippen LogP contribution in [0.1, 0.15) is 12.0 Å². The van der Waals surface area contributed by atoms with Crippen LogP contribution in [0.4, 0.5) is 11.4 Å². The van der Waals surface area contributed by atoms with Crippen LogP contribution in [-0.4, -0.2) is 27.5 Å². The maximum absolute atomic E-state index is 13.4. The summed E-state index contributed by atoms with van der Waals surface area (Å²) in [5, 5.41) is 2.87. The second-order valence-corrected chi connectivity index (χ2v) is 10.9. The maximum atomic E-state index is 13.4. The van der Waals surface area contributed by atoms with Crippen molar-refractivity contribution in [2.45, 2.75) is 17.7 Å². The summed E-state index contributed by atoms with van der Waals surface area (Å²) < 4.78 is 39.7. The highest BCUT2D eigenvalue weighted by molar-refractivity contribution is 7.92. The average molecular weight is 549 g/mol. The number of halogens is 1.